The molecule has 1 fully saturated rings. The molecule has 0 aromatic carbocycles. The smallest absolute Gasteiger partial charge is 0.291 e. The van der Waals surface area contributed by atoms with Crippen LogP contribution >= 0.6 is 11.3 Å². The van der Waals surface area contributed by atoms with Crippen LogP contribution < -0.4 is 5.32 Å². The molecule has 0 spiro atoms. The fourth-order valence-corrected chi connectivity index (χ4v) is 2.52. The van der Waals surface area contributed by atoms with Crippen molar-refractivity contribution < 1.29 is 4.79 Å². The molecule has 0 saturated heterocycles. The number of rotatable bonds is 4. The van der Waals surface area contributed by atoms with E-state index in [0.29, 0.717) is 5.92 Å². The summed E-state index contributed by atoms with van der Waals surface area (Å²) in [5, 5.41) is 11.7. The SMILES string of the molecule is CC(NC(=O)c1n[nH]c(C2CC2)n1)c1cccs1. The Kier molecular flexibility index (Phi) is 2.87. The maximum absolute atomic E-state index is 12.0. The third-order valence-corrected chi connectivity index (χ3v) is 4.04. The number of amides is 1. The highest BCUT2D eigenvalue weighted by Crippen LogP contribution is 2.37. The van der Waals surface area contributed by atoms with Crippen LogP contribution in [0, 0.1) is 0 Å². The van der Waals surface area contributed by atoms with Crippen LogP contribution in [-0.2, 0) is 0 Å². The Hall–Kier alpha value is -1.69. The van der Waals surface area contributed by atoms with Crippen molar-refractivity contribution >= 4 is 17.2 Å². The lowest BCUT2D eigenvalue weighted by atomic mass is 10.3. The van der Waals surface area contributed by atoms with Gasteiger partial charge in [0.05, 0.1) is 6.04 Å². The van der Waals surface area contributed by atoms with Gasteiger partial charge in [-0.3, -0.25) is 9.89 Å². The average molecular weight is 262 g/mol. The van der Waals surface area contributed by atoms with Crippen LogP contribution in [0.25, 0.3) is 0 Å². The van der Waals surface area contributed by atoms with E-state index in [1.54, 1.807) is 11.3 Å². The largest absolute Gasteiger partial charge is 0.342 e. The second-order valence-corrected chi connectivity index (χ2v) is 5.51. The number of nitrogens with one attached hydrogen (secondary N) is 2. The van der Waals surface area contributed by atoms with Gasteiger partial charge in [0.15, 0.2) is 0 Å². The highest BCUT2D eigenvalue weighted by atomic mass is 32.1. The number of aromatic nitrogens is 3. The summed E-state index contributed by atoms with van der Waals surface area (Å²) in [6.45, 7) is 1.96. The molecule has 1 aliphatic carbocycles. The van der Waals surface area contributed by atoms with Crippen molar-refractivity contribution in [1.82, 2.24) is 20.5 Å². The number of hydrogen-bond acceptors (Lipinski definition) is 4. The molecule has 1 amide bonds. The zero-order chi connectivity index (χ0) is 12.5. The number of thiophene rings is 1. The van der Waals surface area contributed by atoms with Crippen molar-refractivity contribution in [1.29, 1.82) is 0 Å². The highest BCUT2D eigenvalue weighted by Gasteiger charge is 2.28. The van der Waals surface area contributed by atoms with Crippen LogP contribution in [-0.4, -0.2) is 21.1 Å². The number of aromatic amines is 1. The van der Waals surface area contributed by atoms with Gasteiger partial charge in [0, 0.05) is 10.8 Å². The highest BCUT2D eigenvalue weighted by molar-refractivity contribution is 7.10. The summed E-state index contributed by atoms with van der Waals surface area (Å²) < 4.78 is 0. The van der Waals surface area contributed by atoms with Gasteiger partial charge in [-0.2, -0.15) is 0 Å². The molecule has 0 aliphatic heterocycles. The third-order valence-electron chi connectivity index (χ3n) is 2.99. The molecular formula is C12H14N4OS. The van der Waals surface area contributed by atoms with E-state index < -0.39 is 0 Å². The maximum atomic E-state index is 12.0. The maximum Gasteiger partial charge on any atom is 0.291 e. The van der Waals surface area contributed by atoms with Gasteiger partial charge in [-0.05, 0) is 31.2 Å². The van der Waals surface area contributed by atoms with E-state index in [-0.39, 0.29) is 17.8 Å². The van der Waals surface area contributed by atoms with Crippen LogP contribution in [0.3, 0.4) is 0 Å². The molecule has 0 bridgehead atoms. The summed E-state index contributed by atoms with van der Waals surface area (Å²) >= 11 is 1.62. The summed E-state index contributed by atoms with van der Waals surface area (Å²) in [7, 11) is 0. The van der Waals surface area contributed by atoms with Crippen LogP contribution in [0.5, 0.6) is 0 Å². The van der Waals surface area contributed by atoms with Crippen molar-refractivity contribution in [3.05, 3.63) is 34.0 Å². The van der Waals surface area contributed by atoms with Gasteiger partial charge in [0.25, 0.3) is 5.91 Å². The van der Waals surface area contributed by atoms with E-state index in [9.17, 15) is 4.79 Å². The molecule has 1 aliphatic rings. The van der Waals surface area contributed by atoms with E-state index in [2.05, 4.69) is 20.5 Å². The first-order valence-corrected chi connectivity index (χ1v) is 6.88. The Balaban J connectivity index is 1.66. The van der Waals surface area contributed by atoms with Crippen LogP contribution in [0.15, 0.2) is 17.5 Å². The molecule has 1 saturated carbocycles. The molecule has 1 atom stereocenters. The van der Waals surface area contributed by atoms with Gasteiger partial charge >= 0.3 is 0 Å². The fourth-order valence-electron chi connectivity index (χ4n) is 1.79. The standard InChI is InChI=1S/C12H14N4OS/c1-7(9-3-2-6-18-9)13-12(17)11-14-10(15-16-11)8-4-5-8/h2-3,6-8H,4-5H2,1H3,(H,13,17)(H,14,15,16). The van der Waals surface area contributed by atoms with Gasteiger partial charge in [-0.15, -0.1) is 16.4 Å². The lowest BCUT2D eigenvalue weighted by Crippen LogP contribution is -2.27. The molecule has 18 heavy (non-hydrogen) atoms. The second-order valence-electron chi connectivity index (χ2n) is 4.53. The van der Waals surface area contributed by atoms with Crippen molar-refractivity contribution in [2.75, 3.05) is 0 Å². The van der Waals surface area contributed by atoms with Gasteiger partial charge in [0.2, 0.25) is 5.82 Å². The topological polar surface area (TPSA) is 70.7 Å². The van der Waals surface area contributed by atoms with Crippen molar-refractivity contribution in [3.63, 3.8) is 0 Å². The minimum atomic E-state index is -0.223. The summed E-state index contributed by atoms with van der Waals surface area (Å²) in [5.74, 6) is 1.33. The van der Waals surface area contributed by atoms with E-state index in [1.807, 2.05) is 24.4 Å². The van der Waals surface area contributed by atoms with Gasteiger partial charge < -0.3 is 5.32 Å². The molecule has 1 unspecified atom stereocenters. The van der Waals surface area contributed by atoms with E-state index >= 15 is 0 Å². The summed E-state index contributed by atoms with van der Waals surface area (Å²) in [4.78, 5) is 17.3. The normalized spacial score (nSPS) is 16.5. The van der Waals surface area contributed by atoms with Crippen molar-refractivity contribution in [2.45, 2.75) is 31.7 Å². The predicted molar refractivity (Wildman–Crippen MR) is 68.6 cm³/mol. The van der Waals surface area contributed by atoms with E-state index in [1.165, 1.54) is 0 Å². The number of carbonyl (C=O) groups is 1. The molecule has 2 aromatic rings. The van der Waals surface area contributed by atoms with Gasteiger partial charge in [-0.25, -0.2) is 4.98 Å². The first-order chi connectivity index (χ1) is 8.74. The monoisotopic (exact) mass is 262 g/mol. The number of carbonyl (C=O) groups excluding carboxylic acids is 1. The van der Waals surface area contributed by atoms with E-state index in [4.69, 9.17) is 0 Å². The van der Waals surface area contributed by atoms with Crippen LogP contribution in [0.4, 0.5) is 0 Å². The summed E-state index contributed by atoms with van der Waals surface area (Å²) in [6.07, 6.45) is 2.28. The molecule has 2 heterocycles. The first kappa shape index (κ1) is 11.4. The third kappa shape index (κ3) is 2.28. The Morgan fingerprint density at radius 3 is 3.11 bits per heavy atom. The van der Waals surface area contributed by atoms with Gasteiger partial charge in [-0.1, -0.05) is 6.07 Å². The van der Waals surface area contributed by atoms with Crippen LogP contribution in [0.2, 0.25) is 0 Å². The van der Waals surface area contributed by atoms with Crippen LogP contribution in [0.1, 0.15) is 53.0 Å². The quantitative estimate of drug-likeness (QED) is 0.887. The molecule has 0 radical (unpaired) electrons. The summed E-state index contributed by atoms with van der Waals surface area (Å²) in [5.41, 5.74) is 0. The number of H-pyrrole nitrogens is 1. The Labute approximate surface area is 109 Å². The lowest BCUT2D eigenvalue weighted by Gasteiger charge is -2.09. The molecule has 94 valence electrons. The zero-order valence-electron chi connectivity index (χ0n) is 10.0. The average Bonchev–Trinajstić information content (AvgIpc) is 2.91. The Morgan fingerprint density at radius 2 is 2.44 bits per heavy atom. The molecule has 2 N–H and O–H groups in total. The molecular weight excluding hydrogens is 248 g/mol. The molecule has 6 heteroatoms. The van der Waals surface area contributed by atoms with Crippen molar-refractivity contribution in [3.8, 4) is 0 Å². The minimum Gasteiger partial charge on any atom is -0.342 e. The predicted octanol–water partition coefficient (Wildman–Crippen LogP) is 2.23. The van der Waals surface area contributed by atoms with E-state index in [0.717, 1.165) is 23.5 Å². The zero-order valence-corrected chi connectivity index (χ0v) is 10.8. The van der Waals surface area contributed by atoms with Gasteiger partial charge in [0.1, 0.15) is 5.82 Å². The number of hydrogen-bond donors (Lipinski definition) is 2. The Morgan fingerprint density at radius 1 is 1.61 bits per heavy atom. The van der Waals surface area contributed by atoms with Crippen molar-refractivity contribution in [2.24, 2.45) is 0 Å². The second kappa shape index (κ2) is 4.53. The lowest BCUT2D eigenvalue weighted by molar-refractivity contribution is 0.0930. The molecule has 2 aromatic heterocycles. The minimum absolute atomic E-state index is 0.0135. The summed E-state index contributed by atoms with van der Waals surface area (Å²) in [6, 6.07) is 3.96. The first-order valence-electron chi connectivity index (χ1n) is 6.00. The molecule has 3 rings (SSSR count). The molecule has 5 nitrogen and oxygen atoms in total. The Bertz CT molecular complexity index is 544. The number of nitrogens with zero attached hydrogens (tertiary/aromatic N) is 2. The fraction of sp³-hybridized carbons (Fsp3) is 0.417.